The Morgan fingerprint density at radius 3 is 2.07 bits per heavy atom. The molecule has 4 rings (SSSR count). The lowest BCUT2D eigenvalue weighted by Crippen LogP contribution is -2.44. The fourth-order valence-electron chi connectivity index (χ4n) is 3.24. The van der Waals surface area contributed by atoms with Gasteiger partial charge in [-0.05, 0) is 41.8 Å². The number of hydrogen-bond donors (Lipinski definition) is 1. The average Bonchev–Trinajstić information content (AvgIpc) is 2.70. The van der Waals surface area contributed by atoms with E-state index in [1.807, 2.05) is 12.1 Å². The lowest BCUT2D eigenvalue weighted by atomic mass is 9.94. The number of hydrogen-bond acceptors (Lipinski definition) is 4. The minimum atomic E-state index is -0.464. The number of nitrogens with one attached hydrogen (secondary N) is 1. The predicted molar refractivity (Wildman–Crippen MR) is 101 cm³/mol. The highest BCUT2D eigenvalue weighted by atomic mass is 16.5. The van der Waals surface area contributed by atoms with Crippen molar-refractivity contribution >= 4 is 34.2 Å². The summed E-state index contributed by atoms with van der Waals surface area (Å²) in [6, 6.07) is 17.4. The van der Waals surface area contributed by atoms with E-state index in [9.17, 15) is 14.4 Å². The van der Waals surface area contributed by atoms with Crippen molar-refractivity contribution in [3.63, 3.8) is 0 Å². The molecule has 0 aliphatic carbocycles. The lowest BCUT2D eigenvalue weighted by Gasteiger charge is -2.26. The van der Waals surface area contributed by atoms with Gasteiger partial charge in [-0.15, -0.1) is 0 Å². The molecule has 6 nitrogen and oxygen atoms in total. The van der Waals surface area contributed by atoms with Gasteiger partial charge in [-0.25, -0.2) is 0 Å². The van der Waals surface area contributed by atoms with E-state index in [4.69, 9.17) is 4.74 Å². The van der Waals surface area contributed by atoms with Crippen molar-refractivity contribution in [2.24, 2.45) is 0 Å². The van der Waals surface area contributed by atoms with Gasteiger partial charge in [0.15, 0.2) is 0 Å². The van der Waals surface area contributed by atoms with Crippen LogP contribution in [0.4, 0.5) is 5.69 Å². The third kappa shape index (κ3) is 2.91. The number of methoxy groups -OCH3 is 1. The van der Waals surface area contributed by atoms with Gasteiger partial charge in [0.25, 0.3) is 11.8 Å². The van der Waals surface area contributed by atoms with Crippen LogP contribution in [0.3, 0.4) is 0 Å². The molecule has 1 N–H and O–H groups in total. The second-order valence-corrected chi connectivity index (χ2v) is 6.18. The summed E-state index contributed by atoms with van der Waals surface area (Å²) in [4.78, 5) is 39.0. The highest BCUT2D eigenvalue weighted by Gasteiger charge is 2.33. The molecular weight excluding hydrogens is 344 g/mol. The van der Waals surface area contributed by atoms with E-state index in [1.54, 1.807) is 55.6 Å². The molecule has 0 fully saturated rings. The molecule has 134 valence electrons. The Morgan fingerprint density at radius 1 is 0.926 bits per heavy atom. The van der Waals surface area contributed by atoms with E-state index in [1.165, 1.54) is 0 Å². The van der Waals surface area contributed by atoms with Gasteiger partial charge >= 0.3 is 0 Å². The van der Waals surface area contributed by atoms with Crippen molar-refractivity contribution in [3.8, 4) is 5.75 Å². The van der Waals surface area contributed by atoms with Crippen LogP contribution >= 0.6 is 0 Å². The largest absolute Gasteiger partial charge is 0.497 e. The Hall–Kier alpha value is -3.67. The normalized spacial score (nSPS) is 13.0. The molecule has 1 aliphatic heterocycles. The zero-order chi connectivity index (χ0) is 19.0. The summed E-state index contributed by atoms with van der Waals surface area (Å²) >= 11 is 0. The molecule has 0 unspecified atom stereocenters. The molecule has 0 atom stereocenters. The van der Waals surface area contributed by atoms with Crippen molar-refractivity contribution in [1.29, 1.82) is 0 Å². The average molecular weight is 360 g/mol. The van der Waals surface area contributed by atoms with Crippen LogP contribution in [0.5, 0.6) is 5.75 Å². The number of amides is 3. The number of rotatable bonds is 4. The van der Waals surface area contributed by atoms with Gasteiger partial charge in [0, 0.05) is 22.2 Å². The third-order valence-electron chi connectivity index (χ3n) is 4.53. The van der Waals surface area contributed by atoms with E-state index in [2.05, 4.69) is 5.32 Å². The summed E-state index contributed by atoms with van der Waals surface area (Å²) in [5.41, 5.74) is 1.42. The lowest BCUT2D eigenvalue weighted by molar-refractivity contribution is -0.116. The maximum absolute atomic E-state index is 12.8. The first-order chi connectivity index (χ1) is 13.1. The summed E-state index contributed by atoms with van der Waals surface area (Å²) in [7, 11) is 1.56. The quantitative estimate of drug-likeness (QED) is 0.726. The van der Waals surface area contributed by atoms with Crippen LogP contribution in [0.2, 0.25) is 0 Å². The molecule has 6 heteroatoms. The summed E-state index contributed by atoms with van der Waals surface area (Å²) in [5, 5.41) is 4.16. The number of anilines is 1. The smallest absolute Gasteiger partial charge is 0.261 e. The molecule has 3 amide bonds. The van der Waals surface area contributed by atoms with Crippen molar-refractivity contribution in [2.75, 3.05) is 19.0 Å². The molecule has 0 saturated heterocycles. The first-order valence-corrected chi connectivity index (χ1v) is 8.40. The fourth-order valence-corrected chi connectivity index (χ4v) is 3.24. The molecule has 3 aromatic carbocycles. The summed E-state index contributed by atoms with van der Waals surface area (Å²) < 4.78 is 5.07. The van der Waals surface area contributed by atoms with Gasteiger partial charge in [-0.2, -0.15) is 0 Å². The van der Waals surface area contributed by atoms with Gasteiger partial charge in [0.1, 0.15) is 12.3 Å². The molecule has 0 spiro atoms. The second kappa shape index (κ2) is 6.57. The van der Waals surface area contributed by atoms with E-state index < -0.39 is 17.7 Å². The maximum atomic E-state index is 12.8. The van der Waals surface area contributed by atoms with Crippen LogP contribution in [-0.2, 0) is 4.79 Å². The molecule has 27 heavy (non-hydrogen) atoms. The predicted octanol–water partition coefficient (Wildman–Crippen LogP) is 3.08. The standard InChI is InChI=1S/C21H16N2O4/c1-27-15-10-8-14(9-11-15)22-18(24)12-23-20(25)16-6-2-4-13-5-3-7-17(19(13)16)21(23)26/h2-11H,12H2,1H3,(H,22,24). The van der Waals surface area contributed by atoms with E-state index in [0.29, 0.717) is 28.0 Å². The number of benzene rings is 3. The molecule has 1 aliphatic rings. The van der Waals surface area contributed by atoms with Gasteiger partial charge in [-0.3, -0.25) is 19.3 Å². The molecule has 0 saturated carbocycles. The molecule has 1 heterocycles. The molecule has 0 radical (unpaired) electrons. The number of carbonyl (C=O) groups excluding carboxylic acids is 3. The Morgan fingerprint density at radius 2 is 1.52 bits per heavy atom. The van der Waals surface area contributed by atoms with Crippen molar-refractivity contribution in [1.82, 2.24) is 4.90 Å². The van der Waals surface area contributed by atoms with Crippen molar-refractivity contribution in [2.45, 2.75) is 0 Å². The first kappa shape index (κ1) is 16.8. The van der Waals surface area contributed by atoms with Crippen LogP contribution in [0.25, 0.3) is 10.8 Å². The van der Waals surface area contributed by atoms with Crippen LogP contribution in [0, 0.1) is 0 Å². The number of imide groups is 1. The minimum absolute atomic E-state index is 0.353. The van der Waals surface area contributed by atoms with Crippen LogP contribution in [-0.4, -0.2) is 36.3 Å². The highest BCUT2D eigenvalue weighted by Crippen LogP contribution is 2.29. The van der Waals surface area contributed by atoms with Gasteiger partial charge < -0.3 is 10.1 Å². The SMILES string of the molecule is COc1ccc(NC(=O)CN2C(=O)c3cccc4cccc(c34)C2=O)cc1. The Kier molecular flexibility index (Phi) is 4.08. The minimum Gasteiger partial charge on any atom is -0.497 e. The van der Waals surface area contributed by atoms with Crippen LogP contribution in [0.15, 0.2) is 60.7 Å². The molecular formula is C21H16N2O4. The Bertz CT molecular complexity index is 1020. The second-order valence-electron chi connectivity index (χ2n) is 6.18. The summed E-state index contributed by atoms with van der Waals surface area (Å²) in [6.45, 7) is -0.353. The zero-order valence-electron chi connectivity index (χ0n) is 14.6. The monoisotopic (exact) mass is 360 g/mol. The Labute approximate surface area is 155 Å². The number of ether oxygens (including phenoxy) is 1. The van der Waals surface area contributed by atoms with E-state index in [0.717, 1.165) is 10.3 Å². The zero-order valence-corrected chi connectivity index (χ0v) is 14.6. The first-order valence-electron chi connectivity index (χ1n) is 8.40. The van der Waals surface area contributed by atoms with Crippen LogP contribution < -0.4 is 10.1 Å². The van der Waals surface area contributed by atoms with Gasteiger partial charge in [0.05, 0.1) is 7.11 Å². The summed E-state index contributed by atoms with van der Waals surface area (Å²) in [5.74, 6) is -0.712. The van der Waals surface area contributed by atoms with Crippen molar-refractivity contribution in [3.05, 3.63) is 71.8 Å². The third-order valence-corrected chi connectivity index (χ3v) is 4.53. The number of carbonyl (C=O) groups is 3. The molecule has 3 aromatic rings. The topological polar surface area (TPSA) is 75.7 Å². The Balaban J connectivity index is 1.58. The highest BCUT2D eigenvalue weighted by molar-refractivity contribution is 6.26. The maximum Gasteiger partial charge on any atom is 0.261 e. The van der Waals surface area contributed by atoms with Crippen LogP contribution in [0.1, 0.15) is 20.7 Å². The fraction of sp³-hybridized carbons (Fsp3) is 0.0952. The van der Waals surface area contributed by atoms with E-state index >= 15 is 0 Å². The number of nitrogens with zero attached hydrogens (tertiary/aromatic N) is 1. The molecule has 0 bridgehead atoms. The van der Waals surface area contributed by atoms with E-state index in [-0.39, 0.29) is 6.54 Å². The van der Waals surface area contributed by atoms with Gasteiger partial charge in [-0.1, -0.05) is 24.3 Å². The molecule has 0 aromatic heterocycles. The van der Waals surface area contributed by atoms with Gasteiger partial charge in [0.2, 0.25) is 5.91 Å². The summed E-state index contributed by atoms with van der Waals surface area (Å²) in [6.07, 6.45) is 0. The van der Waals surface area contributed by atoms with Crippen molar-refractivity contribution < 1.29 is 19.1 Å².